The van der Waals surface area contributed by atoms with Crippen molar-refractivity contribution in [2.75, 3.05) is 19.8 Å². The molecule has 0 N–H and O–H groups in total. The average molecular weight is 191 g/mol. The van der Waals surface area contributed by atoms with E-state index in [-0.39, 0.29) is 0 Å². The number of nitriles is 1. The Labute approximate surface area is 83.9 Å². The van der Waals surface area contributed by atoms with E-state index in [1.54, 1.807) is 0 Å². The number of benzene rings is 1. The normalized spacial score (nSPS) is 9.36. The molecular weight excluding hydrogens is 178 g/mol. The fourth-order valence-corrected chi connectivity index (χ4v) is 0.955. The monoisotopic (exact) mass is 191 g/mol. The Kier molecular flexibility index (Phi) is 5.22. The Morgan fingerprint density at radius 3 is 2.57 bits per heavy atom. The molecular formula is C11H13NO2. The largest absolute Gasteiger partial charge is 0.491 e. The summed E-state index contributed by atoms with van der Waals surface area (Å²) in [6, 6.07) is 11.6. The molecule has 0 heterocycles. The highest BCUT2D eigenvalue weighted by molar-refractivity contribution is 5.20. The molecule has 3 nitrogen and oxygen atoms in total. The van der Waals surface area contributed by atoms with Crippen LogP contribution in [-0.2, 0) is 4.74 Å². The second-order valence-corrected chi connectivity index (χ2v) is 2.68. The van der Waals surface area contributed by atoms with Gasteiger partial charge in [0.25, 0.3) is 0 Å². The number of nitrogens with zero attached hydrogens (tertiary/aromatic N) is 1. The van der Waals surface area contributed by atoms with Crippen molar-refractivity contribution < 1.29 is 9.47 Å². The molecule has 0 atom stereocenters. The molecule has 1 rings (SSSR count). The minimum absolute atomic E-state index is 0.436. The lowest BCUT2D eigenvalue weighted by atomic mass is 10.3. The summed E-state index contributed by atoms with van der Waals surface area (Å²) in [7, 11) is 0. The van der Waals surface area contributed by atoms with E-state index in [4.69, 9.17) is 14.7 Å². The maximum Gasteiger partial charge on any atom is 0.119 e. The first kappa shape index (κ1) is 10.6. The quantitative estimate of drug-likeness (QED) is 0.646. The summed E-state index contributed by atoms with van der Waals surface area (Å²) in [6.07, 6.45) is 0.436. The lowest BCUT2D eigenvalue weighted by molar-refractivity contribution is 0.104. The molecule has 0 aromatic heterocycles. The second kappa shape index (κ2) is 6.93. The first-order chi connectivity index (χ1) is 6.93. The van der Waals surface area contributed by atoms with E-state index in [1.807, 2.05) is 36.4 Å². The van der Waals surface area contributed by atoms with Gasteiger partial charge in [0.1, 0.15) is 12.4 Å². The molecule has 3 heteroatoms. The molecule has 0 unspecified atom stereocenters. The van der Waals surface area contributed by atoms with Crippen LogP contribution in [0.4, 0.5) is 0 Å². The minimum Gasteiger partial charge on any atom is -0.491 e. The van der Waals surface area contributed by atoms with Gasteiger partial charge in [0, 0.05) is 0 Å². The van der Waals surface area contributed by atoms with Gasteiger partial charge in [-0.05, 0) is 12.1 Å². The first-order valence-electron chi connectivity index (χ1n) is 4.56. The van der Waals surface area contributed by atoms with Crippen LogP contribution < -0.4 is 4.74 Å². The zero-order valence-corrected chi connectivity index (χ0v) is 7.98. The predicted octanol–water partition coefficient (Wildman–Crippen LogP) is 2.00. The highest BCUT2D eigenvalue weighted by atomic mass is 16.5. The lowest BCUT2D eigenvalue weighted by Crippen LogP contribution is -2.07. The smallest absolute Gasteiger partial charge is 0.119 e. The molecule has 0 aliphatic carbocycles. The summed E-state index contributed by atoms with van der Waals surface area (Å²) >= 11 is 0. The number of para-hydroxylation sites is 1. The van der Waals surface area contributed by atoms with Crippen molar-refractivity contribution in [3.63, 3.8) is 0 Å². The van der Waals surface area contributed by atoms with E-state index in [2.05, 4.69) is 0 Å². The van der Waals surface area contributed by atoms with E-state index in [9.17, 15) is 0 Å². The highest BCUT2D eigenvalue weighted by Gasteiger charge is 1.91. The Hall–Kier alpha value is -1.53. The summed E-state index contributed by atoms with van der Waals surface area (Å²) in [6.45, 7) is 1.53. The Morgan fingerprint density at radius 2 is 1.86 bits per heavy atom. The lowest BCUT2D eigenvalue weighted by Gasteiger charge is -2.05. The summed E-state index contributed by atoms with van der Waals surface area (Å²) in [5.74, 6) is 0.844. The molecule has 0 spiro atoms. The van der Waals surface area contributed by atoms with E-state index in [1.165, 1.54) is 0 Å². The van der Waals surface area contributed by atoms with Crippen LogP contribution >= 0.6 is 0 Å². The summed E-state index contributed by atoms with van der Waals surface area (Å²) in [4.78, 5) is 0. The zero-order valence-electron chi connectivity index (χ0n) is 7.98. The van der Waals surface area contributed by atoms with Gasteiger partial charge in [0.15, 0.2) is 0 Å². The van der Waals surface area contributed by atoms with Gasteiger partial charge in [0.05, 0.1) is 25.7 Å². The van der Waals surface area contributed by atoms with E-state index < -0.39 is 0 Å². The zero-order chi connectivity index (χ0) is 10.1. The molecule has 0 saturated carbocycles. The van der Waals surface area contributed by atoms with E-state index in [0.717, 1.165) is 5.75 Å². The predicted molar refractivity (Wildman–Crippen MR) is 53.0 cm³/mol. The number of hydrogen-bond acceptors (Lipinski definition) is 3. The third kappa shape index (κ3) is 4.48. The van der Waals surface area contributed by atoms with E-state index >= 15 is 0 Å². The van der Waals surface area contributed by atoms with Gasteiger partial charge >= 0.3 is 0 Å². The van der Waals surface area contributed by atoms with Crippen LogP contribution in [0.5, 0.6) is 5.75 Å². The fourth-order valence-electron chi connectivity index (χ4n) is 0.955. The molecule has 1 aromatic rings. The summed E-state index contributed by atoms with van der Waals surface area (Å²) < 4.78 is 10.5. The molecule has 0 radical (unpaired) electrons. The van der Waals surface area contributed by atoms with Gasteiger partial charge in [-0.3, -0.25) is 0 Å². The Morgan fingerprint density at radius 1 is 1.07 bits per heavy atom. The third-order valence-electron chi connectivity index (χ3n) is 1.60. The van der Waals surface area contributed by atoms with Crippen molar-refractivity contribution in [2.24, 2.45) is 0 Å². The second-order valence-electron chi connectivity index (χ2n) is 2.68. The standard InChI is InChI=1S/C11H13NO2/c12-7-4-8-13-9-10-14-11-5-2-1-3-6-11/h1-3,5-6H,4,8-10H2. The molecule has 1 aromatic carbocycles. The van der Waals surface area contributed by atoms with Gasteiger partial charge < -0.3 is 9.47 Å². The molecule has 0 aliphatic rings. The van der Waals surface area contributed by atoms with Gasteiger partial charge in [0.2, 0.25) is 0 Å². The Balaban J connectivity index is 2.03. The van der Waals surface area contributed by atoms with Crippen molar-refractivity contribution in [2.45, 2.75) is 6.42 Å². The van der Waals surface area contributed by atoms with Gasteiger partial charge in [-0.25, -0.2) is 0 Å². The van der Waals surface area contributed by atoms with Crippen LogP contribution in [0.2, 0.25) is 0 Å². The van der Waals surface area contributed by atoms with Gasteiger partial charge in [-0.2, -0.15) is 5.26 Å². The van der Waals surface area contributed by atoms with Crippen molar-refractivity contribution >= 4 is 0 Å². The van der Waals surface area contributed by atoms with Crippen molar-refractivity contribution in [3.8, 4) is 11.8 Å². The fraction of sp³-hybridized carbons (Fsp3) is 0.364. The van der Waals surface area contributed by atoms with Crippen molar-refractivity contribution in [3.05, 3.63) is 30.3 Å². The molecule has 0 aliphatic heterocycles. The van der Waals surface area contributed by atoms with E-state index in [0.29, 0.717) is 26.2 Å². The van der Waals surface area contributed by atoms with Crippen LogP contribution in [0.15, 0.2) is 30.3 Å². The number of rotatable bonds is 6. The summed E-state index contributed by atoms with van der Waals surface area (Å²) in [5.41, 5.74) is 0. The maximum atomic E-state index is 8.24. The Bertz CT molecular complexity index is 279. The van der Waals surface area contributed by atoms with Crippen LogP contribution in [0.3, 0.4) is 0 Å². The topological polar surface area (TPSA) is 42.2 Å². The SMILES string of the molecule is N#CCCOCCOc1ccccc1. The molecule has 0 saturated heterocycles. The maximum absolute atomic E-state index is 8.24. The number of ether oxygens (including phenoxy) is 2. The molecule has 0 bridgehead atoms. The molecule has 0 amide bonds. The molecule has 14 heavy (non-hydrogen) atoms. The van der Waals surface area contributed by atoms with Crippen LogP contribution in [0.25, 0.3) is 0 Å². The van der Waals surface area contributed by atoms with Gasteiger partial charge in [-0.15, -0.1) is 0 Å². The minimum atomic E-state index is 0.436. The van der Waals surface area contributed by atoms with Crippen molar-refractivity contribution in [1.82, 2.24) is 0 Å². The third-order valence-corrected chi connectivity index (χ3v) is 1.60. The molecule has 74 valence electrons. The summed E-state index contributed by atoms with van der Waals surface area (Å²) in [5, 5.41) is 8.24. The van der Waals surface area contributed by atoms with Crippen LogP contribution in [0.1, 0.15) is 6.42 Å². The van der Waals surface area contributed by atoms with Crippen molar-refractivity contribution in [1.29, 1.82) is 5.26 Å². The van der Waals surface area contributed by atoms with Crippen LogP contribution in [-0.4, -0.2) is 19.8 Å². The average Bonchev–Trinajstić information content (AvgIpc) is 2.25. The number of hydrogen-bond donors (Lipinski definition) is 0. The molecule has 0 fully saturated rings. The first-order valence-corrected chi connectivity index (χ1v) is 4.56. The van der Waals surface area contributed by atoms with Gasteiger partial charge in [-0.1, -0.05) is 18.2 Å². The van der Waals surface area contributed by atoms with Crippen LogP contribution in [0, 0.1) is 11.3 Å². The highest BCUT2D eigenvalue weighted by Crippen LogP contribution is 2.07.